The molecule has 0 unspecified atom stereocenters. The topological polar surface area (TPSA) is 71.3 Å². The van der Waals surface area contributed by atoms with Gasteiger partial charge in [0.25, 0.3) is 0 Å². The number of carbonyl (C=O) groups excluding carboxylic acids is 1. The normalized spacial score (nSPS) is 23.9. The van der Waals surface area contributed by atoms with E-state index in [-0.39, 0.29) is 23.9 Å². The van der Waals surface area contributed by atoms with Crippen molar-refractivity contribution in [2.24, 2.45) is 5.41 Å². The maximum atomic E-state index is 12.9. The van der Waals surface area contributed by atoms with Crippen LogP contribution in [0.3, 0.4) is 0 Å². The zero-order valence-electron chi connectivity index (χ0n) is 14.6. The van der Waals surface area contributed by atoms with Crippen LogP contribution in [-0.4, -0.2) is 12.6 Å². The SMILES string of the molecule is CC1=C(C#N)[C@@H](c2ccc3c(c2)OCO3)C2=C(CC(C)(C)CC2=O)N1. The van der Waals surface area contributed by atoms with Crippen molar-refractivity contribution in [3.8, 4) is 17.6 Å². The van der Waals surface area contributed by atoms with E-state index in [1.807, 2.05) is 25.1 Å². The molecule has 0 bridgehead atoms. The fourth-order valence-corrected chi connectivity index (χ4v) is 4.01. The van der Waals surface area contributed by atoms with Gasteiger partial charge >= 0.3 is 0 Å². The van der Waals surface area contributed by atoms with Gasteiger partial charge in [-0.05, 0) is 36.5 Å². The number of carbonyl (C=O) groups is 1. The van der Waals surface area contributed by atoms with Gasteiger partial charge in [-0.2, -0.15) is 5.26 Å². The first-order valence-electron chi connectivity index (χ1n) is 8.43. The fourth-order valence-electron chi connectivity index (χ4n) is 4.01. The van der Waals surface area contributed by atoms with Crippen molar-refractivity contribution < 1.29 is 14.3 Å². The standard InChI is InChI=1S/C20H20N2O3/c1-11-13(9-21)18(12-4-5-16-17(6-12)25-10-24-16)19-14(22-11)7-20(2,3)8-15(19)23/h4-6,18,22H,7-8,10H2,1-3H3/t18-/m1/s1. The average Bonchev–Trinajstić information content (AvgIpc) is 2.99. The number of benzene rings is 1. The second kappa shape index (κ2) is 5.38. The molecule has 3 aliphatic rings. The fraction of sp³-hybridized carbons (Fsp3) is 0.400. The van der Waals surface area contributed by atoms with E-state index in [9.17, 15) is 10.1 Å². The Kier molecular flexibility index (Phi) is 3.40. The van der Waals surface area contributed by atoms with E-state index in [4.69, 9.17) is 9.47 Å². The molecule has 0 saturated heterocycles. The molecule has 0 amide bonds. The molecule has 0 spiro atoms. The molecule has 5 heteroatoms. The monoisotopic (exact) mass is 336 g/mol. The van der Waals surface area contributed by atoms with Crippen LogP contribution in [0.15, 0.2) is 40.7 Å². The lowest BCUT2D eigenvalue weighted by Crippen LogP contribution is -2.36. The molecule has 1 atom stereocenters. The van der Waals surface area contributed by atoms with E-state index in [0.717, 1.165) is 29.0 Å². The largest absolute Gasteiger partial charge is 0.454 e. The van der Waals surface area contributed by atoms with Gasteiger partial charge in [0.1, 0.15) is 0 Å². The number of nitriles is 1. The maximum Gasteiger partial charge on any atom is 0.231 e. The summed E-state index contributed by atoms with van der Waals surface area (Å²) in [6, 6.07) is 7.96. The molecular formula is C20H20N2O3. The molecule has 5 nitrogen and oxygen atoms in total. The van der Waals surface area contributed by atoms with Crippen LogP contribution in [0.4, 0.5) is 0 Å². The molecule has 1 aromatic rings. The zero-order chi connectivity index (χ0) is 17.8. The number of ketones is 1. The summed E-state index contributed by atoms with van der Waals surface area (Å²) in [4.78, 5) is 12.9. The Hall–Kier alpha value is -2.74. The minimum atomic E-state index is -0.348. The molecular weight excluding hydrogens is 316 g/mol. The highest BCUT2D eigenvalue weighted by Gasteiger charge is 2.41. The van der Waals surface area contributed by atoms with E-state index in [2.05, 4.69) is 25.2 Å². The van der Waals surface area contributed by atoms with Crippen molar-refractivity contribution in [3.63, 3.8) is 0 Å². The lowest BCUT2D eigenvalue weighted by atomic mass is 9.69. The minimum Gasteiger partial charge on any atom is -0.454 e. The minimum absolute atomic E-state index is 0.0766. The Labute approximate surface area is 146 Å². The van der Waals surface area contributed by atoms with Gasteiger partial charge in [-0.15, -0.1) is 0 Å². The Morgan fingerprint density at radius 2 is 2.00 bits per heavy atom. The summed E-state index contributed by atoms with van der Waals surface area (Å²) in [5.74, 6) is 1.12. The lowest BCUT2D eigenvalue weighted by molar-refractivity contribution is -0.118. The van der Waals surface area contributed by atoms with E-state index in [1.165, 1.54) is 0 Å². The van der Waals surface area contributed by atoms with Gasteiger partial charge in [0, 0.05) is 23.4 Å². The average molecular weight is 336 g/mol. The van der Waals surface area contributed by atoms with Crippen LogP contribution in [0.25, 0.3) is 0 Å². The first-order valence-corrected chi connectivity index (χ1v) is 8.43. The van der Waals surface area contributed by atoms with Crippen LogP contribution in [-0.2, 0) is 4.79 Å². The first kappa shape index (κ1) is 15.8. The Morgan fingerprint density at radius 1 is 1.24 bits per heavy atom. The molecule has 1 aliphatic carbocycles. The summed E-state index contributed by atoms with van der Waals surface area (Å²) < 4.78 is 10.9. The van der Waals surface area contributed by atoms with Crippen molar-refractivity contribution in [3.05, 3.63) is 46.3 Å². The van der Waals surface area contributed by atoms with Crippen LogP contribution in [0.5, 0.6) is 11.5 Å². The summed E-state index contributed by atoms with van der Waals surface area (Å²) in [6.07, 6.45) is 1.29. The Balaban J connectivity index is 1.87. The van der Waals surface area contributed by atoms with Crippen LogP contribution in [0, 0.1) is 16.7 Å². The molecule has 0 fully saturated rings. The second-order valence-electron chi connectivity index (χ2n) is 7.65. The molecule has 2 aliphatic heterocycles. The highest BCUT2D eigenvalue weighted by molar-refractivity contribution is 6.00. The predicted molar refractivity (Wildman–Crippen MR) is 91.8 cm³/mol. The van der Waals surface area contributed by atoms with Crippen LogP contribution in [0.2, 0.25) is 0 Å². The van der Waals surface area contributed by atoms with Gasteiger partial charge in [-0.25, -0.2) is 0 Å². The summed E-state index contributed by atoms with van der Waals surface area (Å²) in [6.45, 7) is 6.30. The van der Waals surface area contributed by atoms with Crippen LogP contribution < -0.4 is 14.8 Å². The van der Waals surface area contributed by atoms with E-state index in [1.54, 1.807) is 0 Å². The molecule has 0 radical (unpaired) electrons. The van der Waals surface area contributed by atoms with Gasteiger partial charge in [-0.3, -0.25) is 4.79 Å². The number of allylic oxidation sites excluding steroid dienone is 4. The van der Waals surface area contributed by atoms with Gasteiger partial charge in [0.15, 0.2) is 17.3 Å². The molecule has 128 valence electrons. The lowest BCUT2D eigenvalue weighted by Gasteiger charge is -2.38. The third kappa shape index (κ3) is 2.49. The molecule has 25 heavy (non-hydrogen) atoms. The van der Waals surface area contributed by atoms with E-state index in [0.29, 0.717) is 23.5 Å². The van der Waals surface area contributed by atoms with Crippen molar-refractivity contribution in [1.29, 1.82) is 5.26 Å². The number of dihydropyridines is 1. The first-order chi connectivity index (χ1) is 11.9. The number of rotatable bonds is 1. The summed E-state index contributed by atoms with van der Waals surface area (Å²) in [5.41, 5.74) is 3.88. The Morgan fingerprint density at radius 3 is 2.76 bits per heavy atom. The number of ether oxygens (including phenoxy) is 2. The molecule has 1 aromatic carbocycles. The smallest absolute Gasteiger partial charge is 0.231 e. The number of fused-ring (bicyclic) bond motifs is 1. The van der Waals surface area contributed by atoms with Gasteiger partial charge in [0.2, 0.25) is 6.79 Å². The molecule has 1 N–H and O–H groups in total. The van der Waals surface area contributed by atoms with Crippen molar-refractivity contribution >= 4 is 5.78 Å². The van der Waals surface area contributed by atoms with E-state index < -0.39 is 0 Å². The second-order valence-corrected chi connectivity index (χ2v) is 7.65. The number of Topliss-reactive ketones (excluding diaryl/α,β-unsaturated/α-hetero) is 1. The Bertz CT molecular complexity index is 887. The number of hydrogen-bond acceptors (Lipinski definition) is 5. The quantitative estimate of drug-likeness (QED) is 0.849. The summed E-state index contributed by atoms with van der Waals surface area (Å²) in [5, 5.41) is 13.0. The maximum absolute atomic E-state index is 12.9. The van der Waals surface area contributed by atoms with Crippen LogP contribution in [0.1, 0.15) is 45.1 Å². The predicted octanol–water partition coefficient (Wildman–Crippen LogP) is 3.54. The van der Waals surface area contributed by atoms with Gasteiger partial charge in [0.05, 0.1) is 17.6 Å². The van der Waals surface area contributed by atoms with Gasteiger partial charge in [-0.1, -0.05) is 19.9 Å². The number of nitrogens with one attached hydrogen (secondary N) is 1. The molecule has 0 aromatic heterocycles. The summed E-state index contributed by atoms with van der Waals surface area (Å²) >= 11 is 0. The highest BCUT2D eigenvalue weighted by atomic mass is 16.7. The zero-order valence-corrected chi connectivity index (χ0v) is 14.6. The summed E-state index contributed by atoms with van der Waals surface area (Å²) in [7, 11) is 0. The van der Waals surface area contributed by atoms with E-state index >= 15 is 0 Å². The molecule has 2 heterocycles. The third-order valence-corrected chi connectivity index (χ3v) is 5.09. The van der Waals surface area contributed by atoms with Crippen LogP contribution >= 0.6 is 0 Å². The highest BCUT2D eigenvalue weighted by Crippen LogP contribution is 2.47. The number of nitrogens with zero attached hydrogens (tertiary/aromatic N) is 1. The molecule has 0 saturated carbocycles. The third-order valence-electron chi connectivity index (χ3n) is 5.09. The van der Waals surface area contributed by atoms with Crippen molar-refractivity contribution in [2.75, 3.05) is 6.79 Å². The van der Waals surface area contributed by atoms with Crippen molar-refractivity contribution in [2.45, 2.75) is 39.5 Å². The van der Waals surface area contributed by atoms with Gasteiger partial charge < -0.3 is 14.8 Å². The van der Waals surface area contributed by atoms with Crippen molar-refractivity contribution in [1.82, 2.24) is 5.32 Å². The number of hydrogen-bond donors (Lipinski definition) is 1. The molecule has 4 rings (SSSR count).